The number of carboxylic acids is 2. The molecular weight excluding hydrogens is 190 g/mol. The molecule has 0 aliphatic carbocycles. The van der Waals surface area contributed by atoms with Crippen molar-refractivity contribution in [3.63, 3.8) is 0 Å². The standard InChI is InChI=1S/C8H11NO5/c1-3-4-5(10)9(2)6(7(11)12)8(13)14/h3-4,6H,1-2H3,(H,11,12)(H,13,14)/b4-3+. The van der Waals surface area contributed by atoms with Crippen molar-refractivity contribution in [3.05, 3.63) is 12.2 Å². The molecule has 1 amide bonds. The molecule has 0 saturated carbocycles. The van der Waals surface area contributed by atoms with Crippen LogP contribution >= 0.6 is 0 Å². The van der Waals surface area contributed by atoms with Crippen molar-refractivity contribution in [2.24, 2.45) is 0 Å². The Balaban J connectivity index is 4.77. The number of aliphatic carboxylic acids is 2. The van der Waals surface area contributed by atoms with Crippen molar-refractivity contribution >= 4 is 17.8 Å². The average Bonchev–Trinajstić information content (AvgIpc) is 2.03. The Bertz CT molecular complexity index is 269. The lowest BCUT2D eigenvalue weighted by atomic mass is 10.2. The van der Waals surface area contributed by atoms with Crippen molar-refractivity contribution in [2.75, 3.05) is 7.05 Å². The lowest BCUT2D eigenvalue weighted by Crippen LogP contribution is -2.47. The Morgan fingerprint density at radius 1 is 1.21 bits per heavy atom. The maximum Gasteiger partial charge on any atom is 0.338 e. The summed E-state index contributed by atoms with van der Waals surface area (Å²) in [6.45, 7) is 1.57. The van der Waals surface area contributed by atoms with E-state index in [1.54, 1.807) is 6.92 Å². The second-order valence-corrected chi connectivity index (χ2v) is 2.53. The molecule has 14 heavy (non-hydrogen) atoms. The molecule has 0 aliphatic heterocycles. The van der Waals surface area contributed by atoms with Gasteiger partial charge >= 0.3 is 11.9 Å². The minimum absolute atomic E-state index is 0.644. The minimum atomic E-state index is -1.85. The molecule has 6 heteroatoms. The van der Waals surface area contributed by atoms with Gasteiger partial charge in [0.25, 0.3) is 0 Å². The normalized spacial score (nSPS) is 10.5. The van der Waals surface area contributed by atoms with E-state index in [-0.39, 0.29) is 0 Å². The van der Waals surface area contributed by atoms with Crippen molar-refractivity contribution in [1.29, 1.82) is 0 Å². The molecule has 0 fully saturated rings. The number of amides is 1. The van der Waals surface area contributed by atoms with Crippen LogP contribution in [0.1, 0.15) is 6.92 Å². The number of allylic oxidation sites excluding steroid dienone is 1. The highest BCUT2D eigenvalue weighted by Gasteiger charge is 2.32. The lowest BCUT2D eigenvalue weighted by molar-refractivity contribution is -0.159. The fourth-order valence-electron chi connectivity index (χ4n) is 0.824. The van der Waals surface area contributed by atoms with E-state index in [2.05, 4.69) is 0 Å². The van der Waals surface area contributed by atoms with E-state index in [0.29, 0.717) is 4.90 Å². The number of carbonyl (C=O) groups excluding carboxylic acids is 1. The third-order valence-corrected chi connectivity index (χ3v) is 1.51. The molecule has 0 aromatic rings. The Morgan fingerprint density at radius 3 is 1.93 bits per heavy atom. The molecule has 0 aromatic carbocycles. The zero-order valence-corrected chi connectivity index (χ0v) is 7.80. The number of likely N-dealkylation sites (N-methyl/N-ethyl adjacent to an activating group) is 1. The largest absolute Gasteiger partial charge is 0.479 e. The first-order chi connectivity index (χ1) is 6.41. The summed E-state index contributed by atoms with van der Waals surface area (Å²) in [6.07, 6.45) is 2.50. The summed E-state index contributed by atoms with van der Waals surface area (Å²) < 4.78 is 0. The van der Waals surface area contributed by atoms with Crippen molar-refractivity contribution < 1.29 is 24.6 Å². The molecule has 0 bridgehead atoms. The molecule has 2 N–H and O–H groups in total. The summed E-state index contributed by atoms with van der Waals surface area (Å²) in [5.41, 5.74) is 0. The van der Waals surface area contributed by atoms with Gasteiger partial charge in [-0.3, -0.25) is 4.79 Å². The number of hydrogen-bond donors (Lipinski definition) is 2. The van der Waals surface area contributed by atoms with Crippen LogP contribution in [-0.2, 0) is 14.4 Å². The molecule has 0 spiro atoms. The van der Waals surface area contributed by atoms with Crippen molar-refractivity contribution in [2.45, 2.75) is 13.0 Å². The van der Waals surface area contributed by atoms with E-state index in [0.717, 1.165) is 13.1 Å². The zero-order valence-electron chi connectivity index (χ0n) is 7.80. The van der Waals surface area contributed by atoms with Gasteiger partial charge in [-0.05, 0) is 13.0 Å². The van der Waals surface area contributed by atoms with E-state index in [9.17, 15) is 14.4 Å². The second kappa shape index (κ2) is 5.00. The van der Waals surface area contributed by atoms with Crippen LogP contribution in [0.3, 0.4) is 0 Å². The van der Waals surface area contributed by atoms with Crippen molar-refractivity contribution in [3.8, 4) is 0 Å². The summed E-state index contributed by atoms with van der Waals surface area (Å²) in [6, 6.07) is -1.85. The number of carbonyl (C=O) groups is 3. The van der Waals surface area contributed by atoms with E-state index in [4.69, 9.17) is 10.2 Å². The molecular formula is C8H11NO5. The van der Waals surface area contributed by atoms with Crippen LogP contribution in [0.25, 0.3) is 0 Å². The Morgan fingerprint density at radius 2 is 1.64 bits per heavy atom. The maximum absolute atomic E-state index is 11.1. The van der Waals surface area contributed by atoms with Crippen LogP contribution < -0.4 is 0 Å². The predicted molar refractivity (Wildman–Crippen MR) is 46.6 cm³/mol. The molecule has 0 radical (unpaired) electrons. The first-order valence-corrected chi connectivity index (χ1v) is 3.77. The van der Waals surface area contributed by atoms with Gasteiger partial charge in [0, 0.05) is 7.05 Å². The summed E-state index contributed by atoms with van der Waals surface area (Å²) in [4.78, 5) is 32.7. The van der Waals surface area contributed by atoms with Gasteiger partial charge in [0.15, 0.2) is 0 Å². The highest BCUT2D eigenvalue weighted by molar-refractivity contribution is 6.02. The molecule has 78 valence electrons. The Hall–Kier alpha value is -1.85. The smallest absolute Gasteiger partial charge is 0.338 e. The summed E-state index contributed by atoms with van der Waals surface area (Å²) in [5, 5.41) is 17.1. The van der Waals surface area contributed by atoms with Gasteiger partial charge in [-0.2, -0.15) is 0 Å². The van der Waals surface area contributed by atoms with Gasteiger partial charge in [0.05, 0.1) is 0 Å². The number of carboxylic acid groups (broad SMARTS) is 2. The zero-order chi connectivity index (χ0) is 11.3. The van der Waals surface area contributed by atoms with E-state index in [1.165, 1.54) is 6.08 Å². The monoisotopic (exact) mass is 201 g/mol. The third kappa shape index (κ3) is 2.89. The predicted octanol–water partition coefficient (Wildman–Crippen LogP) is -0.441. The first kappa shape index (κ1) is 12.2. The molecule has 0 saturated heterocycles. The van der Waals surface area contributed by atoms with Crippen LogP contribution in [0.4, 0.5) is 0 Å². The molecule has 0 aromatic heterocycles. The van der Waals surface area contributed by atoms with Gasteiger partial charge in [-0.25, -0.2) is 9.59 Å². The third-order valence-electron chi connectivity index (χ3n) is 1.51. The molecule has 0 unspecified atom stereocenters. The van der Waals surface area contributed by atoms with Gasteiger partial charge in [-0.15, -0.1) is 0 Å². The van der Waals surface area contributed by atoms with Crippen molar-refractivity contribution in [1.82, 2.24) is 4.90 Å². The molecule has 0 atom stereocenters. The Kier molecular flexibility index (Phi) is 4.34. The first-order valence-electron chi connectivity index (χ1n) is 3.77. The van der Waals surface area contributed by atoms with Crippen LogP contribution in [-0.4, -0.2) is 46.0 Å². The molecule has 0 rings (SSSR count). The summed E-state index contributed by atoms with van der Waals surface area (Å²) >= 11 is 0. The summed E-state index contributed by atoms with van der Waals surface area (Å²) in [7, 11) is 1.12. The lowest BCUT2D eigenvalue weighted by Gasteiger charge is -2.19. The molecule has 0 heterocycles. The van der Waals surface area contributed by atoms with Gasteiger partial charge in [0.2, 0.25) is 11.9 Å². The van der Waals surface area contributed by atoms with Gasteiger partial charge in [0.1, 0.15) is 0 Å². The number of nitrogens with zero attached hydrogens (tertiary/aromatic N) is 1. The topological polar surface area (TPSA) is 94.9 Å². The van der Waals surface area contributed by atoms with Crippen LogP contribution in [0.15, 0.2) is 12.2 Å². The average molecular weight is 201 g/mol. The SMILES string of the molecule is C/C=C/C(=O)N(C)C(C(=O)O)C(=O)O. The van der Waals surface area contributed by atoms with E-state index >= 15 is 0 Å². The Labute approximate surface area is 80.4 Å². The molecule has 0 aliphatic rings. The van der Waals surface area contributed by atoms with Gasteiger partial charge in [-0.1, -0.05) is 6.08 Å². The number of hydrogen-bond acceptors (Lipinski definition) is 3. The number of rotatable bonds is 4. The highest BCUT2D eigenvalue weighted by atomic mass is 16.4. The molecule has 6 nitrogen and oxygen atoms in total. The maximum atomic E-state index is 11.1. The summed E-state index contributed by atoms with van der Waals surface area (Å²) in [5.74, 6) is -3.81. The van der Waals surface area contributed by atoms with Gasteiger partial charge < -0.3 is 15.1 Å². The van der Waals surface area contributed by atoms with E-state index < -0.39 is 23.9 Å². The highest BCUT2D eigenvalue weighted by Crippen LogP contribution is 1.99. The van der Waals surface area contributed by atoms with Crippen LogP contribution in [0, 0.1) is 0 Å². The van der Waals surface area contributed by atoms with Crippen LogP contribution in [0.5, 0.6) is 0 Å². The fraction of sp³-hybridized carbons (Fsp3) is 0.375. The minimum Gasteiger partial charge on any atom is -0.479 e. The second-order valence-electron chi connectivity index (χ2n) is 2.53. The van der Waals surface area contributed by atoms with E-state index in [1.807, 2.05) is 0 Å². The fourth-order valence-corrected chi connectivity index (χ4v) is 0.824. The quantitative estimate of drug-likeness (QED) is 0.475. The van der Waals surface area contributed by atoms with Crippen LogP contribution in [0.2, 0.25) is 0 Å².